The Hall–Kier alpha value is -2.23. The zero-order valence-electron chi connectivity index (χ0n) is 18.6. The molecule has 32 heavy (non-hydrogen) atoms. The topological polar surface area (TPSA) is 95.6 Å². The number of hydrogen-bond donors (Lipinski definition) is 2. The summed E-state index contributed by atoms with van der Waals surface area (Å²) in [6.07, 6.45) is 0.989. The number of hydrogen-bond acceptors (Lipinski definition) is 4. The van der Waals surface area contributed by atoms with Crippen molar-refractivity contribution >= 4 is 49.1 Å². The SMILES string of the molecule is CCC(=O)N1CCc2cc(S(=O)(=O)NC(C(=O)Nc3ccc(C)cc3Br)C(C)C)ccc21. The lowest BCUT2D eigenvalue weighted by Crippen LogP contribution is -2.47. The van der Waals surface area contributed by atoms with Crippen molar-refractivity contribution in [3.05, 3.63) is 52.0 Å². The summed E-state index contributed by atoms with van der Waals surface area (Å²) in [6, 6.07) is 9.29. The standard InChI is InChI=1S/C23H28BrN3O4S/c1-5-21(28)27-11-10-16-13-17(7-9-20(16)27)32(30,31)26-22(14(2)3)23(29)25-19-8-6-15(4)12-18(19)24/h6-9,12-14,22,26H,5,10-11H2,1-4H3,(H,25,29). The number of carbonyl (C=O) groups is 2. The maximum absolute atomic E-state index is 13.1. The summed E-state index contributed by atoms with van der Waals surface area (Å²) in [6.45, 7) is 7.86. The van der Waals surface area contributed by atoms with Gasteiger partial charge in [-0.15, -0.1) is 0 Å². The van der Waals surface area contributed by atoms with Gasteiger partial charge in [0.15, 0.2) is 0 Å². The maximum atomic E-state index is 13.1. The first-order valence-electron chi connectivity index (χ1n) is 10.6. The van der Waals surface area contributed by atoms with Crippen LogP contribution in [0, 0.1) is 12.8 Å². The molecule has 1 unspecified atom stereocenters. The zero-order chi connectivity index (χ0) is 23.6. The van der Waals surface area contributed by atoms with E-state index < -0.39 is 22.0 Å². The van der Waals surface area contributed by atoms with Crippen LogP contribution in [0.2, 0.25) is 0 Å². The monoisotopic (exact) mass is 521 g/mol. The normalized spacial score (nSPS) is 14.4. The van der Waals surface area contributed by atoms with Gasteiger partial charge in [-0.25, -0.2) is 8.42 Å². The van der Waals surface area contributed by atoms with Crippen LogP contribution in [-0.4, -0.2) is 32.8 Å². The largest absolute Gasteiger partial charge is 0.324 e. The smallest absolute Gasteiger partial charge is 0.242 e. The third kappa shape index (κ3) is 5.22. The lowest BCUT2D eigenvalue weighted by Gasteiger charge is -2.22. The number of amides is 2. The molecule has 0 bridgehead atoms. The summed E-state index contributed by atoms with van der Waals surface area (Å²) in [5.41, 5.74) is 3.16. The maximum Gasteiger partial charge on any atom is 0.242 e. The van der Waals surface area contributed by atoms with Crippen LogP contribution in [0.15, 0.2) is 45.8 Å². The molecule has 7 nitrogen and oxygen atoms in total. The fourth-order valence-electron chi connectivity index (χ4n) is 3.65. The number of nitrogens with one attached hydrogen (secondary N) is 2. The van der Waals surface area contributed by atoms with Crippen LogP contribution >= 0.6 is 15.9 Å². The highest BCUT2D eigenvalue weighted by atomic mass is 79.9. The highest BCUT2D eigenvalue weighted by Gasteiger charge is 2.30. The molecule has 0 saturated heterocycles. The molecule has 2 aromatic rings. The Balaban J connectivity index is 1.81. The Labute approximate surface area is 197 Å². The molecule has 9 heteroatoms. The first-order valence-corrected chi connectivity index (χ1v) is 12.8. The second-order valence-electron chi connectivity index (χ2n) is 8.25. The van der Waals surface area contributed by atoms with E-state index in [9.17, 15) is 18.0 Å². The lowest BCUT2D eigenvalue weighted by atomic mass is 10.0. The molecule has 0 saturated carbocycles. The van der Waals surface area contributed by atoms with Gasteiger partial charge in [0, 0.05) is 23.1 Å². The minimum atomic E-state index is -3.95. The second kappa shape index (κ2) is 9.72. The third-order valence-electron chi connectivity index (χ3n) is 5.47. The molecule has 0 aromatic heterocycles. The van der Waals surface area contributed by atoms with Crippen molar-refractivity contribution in [1.82, 2.24) is 4.72 Å². The summed E-state index contributed by atoms with van der Waals surface area (Å²) in [7, 11) is -3.95. The molecule has 1 aliphatic heterocycles. The summed E-state index contributed by atoms with van der Waals surface area (Å²) in [5, 5.41) is 2.80. The van der Waals surface area contributed by atoms with E-state index in [2.05, 4.69) is 26.0 Å². The molecular formula is C23H28BrN3O4S. The van der Waals surface area contributed by atoms with Gasteiger partial charge in [-0.05, 0) is 76.7 Å². The molecule has 172 valence electrons. The number of sulfonamides is 1. The van der Waals surface area contributed by atoms with Gasteiger partial charge < -0.3 is 10.2 Å². The van der Waals surface area contributed by atoms with Gasteiger partial charge in [-0.3, -0.25) is 9.59 Å². The van der Waals surface area contributed by atoms with Gasteiger partial charge in [0.25, 0.3) is 0 Å². The number of rotatable bonds is 7. The first-order chi connectivity index (χ1) is 15.0. The Morgan fingerprint density at radius 2 is 1.88 bits per heavy atom. The predicted octanol–water partition coefficient (Wildman–Crippen LogP) is 4.00. The minimum absolute atomic E-state index is 0.0105. The van der Waals surface area contributed by atoms with Gasteiger partial charge >= 0.3 is 0 Å². The van der Waals surface area contributed by atoms with Crippen LogP contribution in [0.3, 0.4) is 0 Å². The zero-order valence-corrected chi connectivity index (χ0v) is 21.0. The molecule has 2 aromatic carbocycles. The molecular weight excluding hydrogens is 494 g/mol. The molecule has 0 fully saturated rings. The van der Waals surface area contributed by atoms with E-state index in [4.69, 9.17) is 0 Å². The number of halogens is 1. The minimum Gasteiger partial charge on any atom is -0.324 e. The molecule has 0 radical (unpaired) electrons. The Bertz CT molecular complexity index is 1150. The number of carbonyl (C=O) groups excluding carboxylic acids is 2. The number of fused-ring (bicyclic) bond motifs is 1. The van der Waals surface area contributed by atoms with Gasteiger partial charge in [-0.2, -0.15) is 4.72 Å². The van der Waals surface area contributed by atoms with E-state index >= 15 is 0 Å². The molecule has 2 amide bonds. The van der Waals surface area contributed by atoms with Gasteiger partial charge in [0.2, 0.25) is 21.8 Å². The molecule has 3 rings (SSSR count). The van der Waals surface area contributed by atoms with Crippen molar-refractivity contribution in [3.63, 3.8) is 0 Å². The van der Waals surface area contributed by atoms with E-state index in [1.165, 1.54) is 6.07 Å². The lowest BCUT2D eigenvalue weighted by molar-refractivity contribution is -0.119. The number of anilines is 2. The fourth-order valence-corrected chi connectivity index (χ4v) is 5.64. The highest BCUT2D eigenvalue weighted by molar-refractivity contribution is 9.10. The highest BCUT2D eigenvalue weighted by Crippen LogP contribution is 2.31. The molecule has 1 atom stereocenters. The Kier molecular flexibility index (Phi) is 7.42. The molecule has 0 spiro atoms. The van der Waals surface area contributed by atoms with Crippen molar-refractivity contribution in [2.45, 2.75) is 51.5 Å². The first kappa shape index (κ1) is 24.4. The van der Waals surface area contributed by atoms with Gasteiger partial charge in [-0.1, -0.05) is 26.8 Å². The van der Waals surface area contributed by atoms with Crippen LogP contribution in [0.4, 0.5) is 11.4 Å². The van der Waals surface area contributed by atoms with Crippen LogP contribution < -0.4 is 14.9 Å². The van der Waals surface area contributed by atoms with Crippen molar-refractivity contribution in [3.8, 4) is 0 Å². The number of nitrogens with zero attached hydrogens (tertiary/aromatic N) is 1. The summed E-state index contributed by atoms with van der Waals surface area (Å²) >= 11 is 3.43. The van der Waals surface area contributed by atoms with Gasteiger partial charge in [0.1, 0.15) is 6.04 Å². The quantitative estimate of drug-likeness (QED) is 0.575. The van der Waals surface area contributed by atoms with Crippen molar-refractivity contribution < 1.29 is 18.0 Å². The molecule has 1 heterocycles. The number of benzene rings is 2. The van der Waals surface area contributed by atoms with Crippen molar-refractivity contribution in [1.29, 1.82) is 0 Å². The average Bonchev–Trinajstić information content (AvgIpc) is 3.16. The third-order valence-corrected chi connectivity index (χ3v) is 7.57. The number of aryl methyl sites for hydroxylation is 1. The van der Waals surface area contributed by atoms with E-state index in [0.29, 0.717) is 25.1 Å². The Morgan fingerprint density at radius 1 is 1.16 bits per heavy atom. The van der Waals surface area contributed by atoms with Crippen LogP contribution in [-0.2, 0) is 26.0 Å². The van der Waals surface area contributed by atoms with E-state index in [-0.39, 0.29) is 16.7 Å². The van der Waals surface area contributed by atoms with E-state index in [0.717, 1.165) is 21.3 Å². The van der Waals surface area contributed by atoms with Gasteiger partial charge in [0.05, 0.1) is 10.6 Å². The summed E-state index contributed by atoms with van der Waals surface area (Å²) < 4.78 is 29.5. The average molecular weight is 522 g/mol. The summed E-state index contributed by atoms with van der Waals surface area (Å²) in [5.74, 6) is -0.702. The van der Waals surface area contributed by atoms with E-state index in [1.54, 1.807) is 43.9 Å². The van der Waals surface area contributed by atoms with Crippen molar-refractivity contribution in [2.24, 2.45) is 5.92 Å². The summed E-state index contributed by atoms with van der Waals surface area (Å²) in [4.78, 5) is 26.8. The Morgan fingerprint density at radius 3 is 2.50 bits per heavy atom. The predicted molar refractivity (Wildman–Crippen MR) is 129 cm³/mol. The fraction of sp³-hybridized carbons (Fsp3) is 0.391. The molecule has 0 aliphatic carbocycles. The van der Waals surface area contributed by atoms with Crippen LogP contribution in [0.25, 0.3) is 0 Å². The second-order valence-corrected chi connectivity index (χ2v) is 10.8. The van der Waals surface area contributed by atoms with Crippen LogP contribution in [0.5, 0.6) is 0 Å². The van der Waals surface area contributed by atoms with Crippen molar-refractivity contribution in [2.75, 3.05) is 16.8 Å². The van der Waals surface area contributed by atoms with Crippen LogP contribution in [0.1, 0.15) is 38.3 Å². The molecule has 2 N–H and O–H groups in total. The molecule has 1 aliphatic rings. The van der Waals surface area contributed by atoms with E-state index in [1.807, 2.05) is 19.1 Å².